The highest BCUT2D eigenvalue weighted by Gasteiger charge is 2.06. The van der Waals surface area contributed by atoms with E-state index in [2.05, 4.69) is 58.0 Å². The molecule has 0 saturated heterocycles. The van der Waals surface area contributed by atoms with E-state index in [1.54, 1.807) is 6.20 Å². The first-order valence-electron chi connectivity index (χ1n) is 10.4. The van der Waals surface area contributed by atoms with Gasteiger partial charge in [0.1, 0.15) is 0 Å². The Morgan fingerprint density at radius 2 is 1.97 bits per heavy atom. The van der Waals surface area contributed by atoms with E-state index in [9.17, 15) is 0 Å². The predicted octanol–water partition coefficient (Wildman–Crippen LogP) is 2.96. The van der Waals surface area contributed by atoms with Gasteiger partial charge >= 0.3 is 0 Å². The summed E-state index contributed by atoms with van der Waals surface area (Å²) >= 11 is 0. The average Bonchev–Trinajstić information content (AvgIpc) is 3.39. The second-order valence-corrected chi connectivity index (χ2v) is 6.93. The Morgan fingerprint density at radius 3 is 2.72 bits per heavy atom. The Balaban J connectivity index is 1.42. The topological polar surface area (TPSA) is 72.1 Å². The molecule has 0 saturated carbocycles. The third-order valence-corrected chi connectivity index (χ3v) is 4.66. The van der Waals surface area contributed by atoms with E-state index in [0.29, 0.717) is 0 Å². The Hall–Kier alpha value is -3.09. The fourth-order valence-electron chi connectivity index (χ4n) is 3.14. The normalized spacial score (nSPS) is 11.6. The zero-order valence-electron chi connectivity index (χ0n) is 17.4. The van der Waals surface area contributed by atoms with Crippen LogP contribution in [0.25, 0.3) is 5.69 Å². The Morgan fingerprint density at radius 1 is 1.10 bits per heavy atom. The molecule has 0 atom stereocenters. The number of para-hydroxylation sites is 1. The molecular weight excluding hydrogens is 362 g/mol. The van der Waals surface area contributed by atoms with Crippen molar-refractivity contribution in [2.45, 2.75) is 39.7 Å². The van der Waals surface area contributed by atoms with Gasteiger partial charge in [-0.15, -0.1) is 0 Å². The van der Waals surface area contributed by atoms with E-state index in [0.717, 1.165) is 62.8 Å². The van der Waals surface area contributed by atoms with Crippen molar-refractivity contribution in [2.24, 2.45) is 4.99 Å². The Kier molecular flexibility index (Phi) is 7.86. The zero-order valence-corrected chi connectivity index (χ0v) is 17.4. The van der Waals surface area contributed by atoms with E-state index in [1.165, 1.54) is 5.56 Å². The maximum absolute atomic E-state index is 4.66. The van der Waals surface area contributed by atoms with Gasteiger partial charge in [0, 0.05) is 44.8 Å². The molecule has 1 aromatic carbocycles. The van der Waals surface area contributed by atoms with Gasteiger partial charge in [-0.2, -0.15) is 10.2 Å². The molecule has 2 N–H and O–H groups in total. The average molecular weight is 394 g/mol. The lowest BCUT2D eigenvalue weighted by Crippen LogP contribution is -2.38. The number of nitrogens with zero attached hydrogens (tertiary/aromatic N) is 5. The summed E-state index contributed by atoms with van der Waals surface area (Å²) in [6.07, 6.45) is 8.91. The molecule has 0 radical (unpaired) electrons. The molecule has 3 aromatic rings. The maximum Gasteiger partial charge on any atom is 0.191 e. The van der Waals surface area contributed by atoms with Crippen molar-refractivity contribution < 1.29 is 0 Å². The summed E-state index contributed by atoms with van der Waals surface area (Å²) < 4.78 is 3.90. The fraction of sp³-hybridized carbons (Fsp3) is 0.409. The SMILES string of the molecule is CCNC(=NCCCn1cccn1)NCCCc1cn(-c2ccccc2)nc1C. The smallest absolute Gasteiger partial charge is 0.191 e. The molecule has 0 spiro atoms. The van der Waals surface area contributed by atoms with Crippen LogP contribution in [0.5, 0.6) is 0 Å². The summed E-state index contributed by atoms with van der Waals surface area (Å²) in [6.45, 7) is 7.56. The third kappa shape index (κ3) is 6.48. The quantitative estimate of drug-likeness (QED) is 0.316. The van der Waals surface area contributed by atoms with Crippen molar-refractivity contribution in [2.75, 3.05) is 19.6 Å². The van der Waals surface area contributed by atoms with Gasteiger partial charge in [-0.25, -0.2) is 4.68 Å². The van der Waals surface area contributed by atoms with Crippen LogP contribution in [0.4, 0.5) is 0 Å². The predicted molar refractivity (Wildman–Crippen MR) is 117 cm³/mol. The molecule has 29 heavy (non-hydrogen) atoms. The van der Waals surface area contributed by atoms with Crippen LogP contribution in [0, 0.1) is 6.92 Å². The van der Waals surface area contributed by atoms with Crippen molar-refractivity contribution in [3.8, 4) is 5.69 Å². The summed E-state index contributed by atoms with van der Waals surface area (Å²) in [5, 5.41) is 15.6. The van der Waals surface area contributed by atoms with Crippen molar-refractivity contribution >= 4 is 5.96 Å². The first-order chi connectivity index (χ1) is 14.3. The van der Waals surface area contributed by atoms with E-state index >= 15 is 0 Å². The molecule has 7 heteroatoms. The minimum absolute atomic E-state index is 0.776. The summed E-state index contributed by atoms with van der Waals surface area (Å²) in [6, 6.07) is 12.2. The van der Waals surface area contributed by atoms with E-state index in [-0.39, 0.29) is 0 Å². The molecule has 0 aliphatic carbocycles. The molecule has 0 amide bonds. The summed E-state index contributed by atoms with van der Waals surface area (Å²) in [5.41, 5.74) is 3.47. The highest BCUT2D eigenvalue weighted by atomic mass is 15.3. The van der Waals surface area contributed by atoms with Crippen LogP contribution in [-0.4, -0.2) is 45.2 Å². The van der Waals surface area contributed by atoms with Crippen molar-refractivity contribution in [1.82, 2.24) is 30.2 Å². The lowest BCUT2D eigenvalue weighted by molar-refractivity contribution is 0.583. The van der Waals surface area contributed by atoms with Gasteiger partial charge in [0.2, 0.25) is 0 Å². The number of rotatable bonds is 10. The number of hydrogen-bond acceptors (Lipinski definition) is 3. The van der Waals surface area contributed by atoms with Gasteiger partial charge in [-0.05, 0) is 56.9 Å². The highest BCUT2D eigenvalue weighted by molar-refractivity contribution is 5.79. The van der Waals surface area contributed by atoms with E-state index < -0.39 is 0 Å². The van der Waals surface area contributed by atoms with Crippen LogP contribution in [0.3, 0.4) is 0 Å². The first-order valence-corrected chi connectivity index (χ1v) is 10.4. The molecular formula is C22H31N7. The third-order valence-electron chi connectivity index (χ3n) is 4.66. The van der Waals surface area contributed by atoms with Gasteiger partial charge < -0.3 is 10.6 Å². The standard InChI is InChI=1S/C22H31N7/c1-3-23-22(25-14-8-16-28-17-9-15-26-28)24-13-7-10-20-18-29(27-19(20)2)21-11-5-4-6-12-21/h4-6,9,11-12,15,17-18H,3,7-8,10,13-14,16H2,1-2H3,(H2,23,24,25). The lowest BCUT2D eigenvalue weighted by Gasteiger charge is -2.11. The molecule has 2 aromatic heterocycles. The summed E-state index contributed by atoms with van der Waals surface area (Å²) in [5.74, 6) is 0.879. The molecule has 154 valence electrons. The van der Waals surface area contributed by atoms with Gasteiger partial charge in [0.15, 0.2) is 5.96 Å². The van der Waals surface area contributed by atoms with Gasteiger partial charge in [0.05, 0.1) is 11.4 Å². The van der Waals surface area contributed by atoms with Gasteiger partial charge in [-0.1, -0.05) is 18.2 Å². The molecule has 0 aliphatic heterocycles. The summed E-state index contributed by atoms with van der Waals surface area (Å²) in [4.78, 5) is 4.66. The number of hydrogen-bond donors (Lipinski definition) is 2. The van der Waals surface area contributed by atoms with Crippen molar-refractivity contribution in [3.63, 3.8) is 0 Å². The molecule has 0 unspecified atom stereocenters. The van der Waals surface area contributed by atoms with Crippen molar-refractivity contribution in [3.05, 3.63) is 66.2 Å². The minimum Gasteiger partial charge on any atom is -0.357 e. The lowest BCUT2D eigenvalue weighted by atomic mass is 10.1. The monoisotopic (exact) mass is 393 g/mol. The van der Waals surface area contributed by atoms with Crippen LogP contribution in [-0.2, 0) is 13.0 Å². The zero-order chi connectivity index (χ0) is 20.3. The van der Waals surface area contributed by atoms with Crippen LogP contribution in [0.15, 0.2) is 60.0 Å². The fourth-order valence-corrected chi connectivity index (χ4v) is 3.14. The first kappa shape index (κ1) is 20.6. The van der Waals surface area contributed by atoms with Crippen LogP contribution in [0.2, 0.25) is 0 Å². The number of benzene rings is 1. The van der Waals surface area contributed by atoms with Gasteiger partial charge in [-0.3, -0.25) is 9.67 Å². The van der Waals surface area contributed by atoms with E-state index in [4.69, 9.17) is 0 Å². The van der Waals surface area contributed by atoms with Crippen LogP contribution < -0.4 is 10.6 Å². The molecule has 7 nitrogen and oxygen atoms in total. The number of aliphatic imine (C=N–C) groups is 1. The van der Waals surface area contributed by atoms with Crippen molar-refractivity contribution in [1.29, 1.82) is 0 Å². The molecule has 2 heterocycles. The highest BCUT2D eigenvalue weighted by Crippen LogP contribution is 2.13. The number of nitrogens with one attached hydrogen (secondary N) is 2. The second-order valence-electron chi connectivity index (χ2n) is 6.93. The molecule has 3 rings (SSSR count). The van der Waals surface area contributed by atoms with Crippen LogP contribution in [0.1, 0.15) is 31.0 Å². The summed E-state index contributed by atoms with van der Waals surface area (Å²) in [7, 11) is 0. The van der Waals surface area contributed by atoms with Crippen LogP contribution >= 0.6 is 0 Å². The molecule has 0 aliphatic rings. The Bertz CT molecular complexity index is 866. The Labute approximate surface area is 172 Å². The van der Waals surface area contributed by atoms with E-state index in [1.807, 2.05) is 39.8 Å². The number of aromatic nitrogens is 4. The molecule has 0 fully saturated rings. The molecule has 0 bridgehead atoms. The van der Waals surface area contributed by atoms with Gasteiger partial charge in [0.25, 0.3) is 0 Å². The largest absolute Gasteiger partial charge is 0.357 e. The second kappa shape index (κ2) is 11.0. The minimum atomic E-state index is 0.776. The number of guanidine groups is 1. The maximum atomic E-state index is 4.66. The number of aryl methyl sites for hydroxylation is 3.